The number of benzene rings is 1. The predicted molar refractivity (Wildman–Crippen MR) is 71.4 cm³/mol. The van der Waals surface area contributed by atoms with Crippen molar-refractivity contribution in [2.24, 2.45) is 5.92 Å². The van der Waals surface area contributed by atoms with Crippen LogP contribution in [0, 0.1) is 5.92 Å². The van der Waals surface area contributed by atoms with E-state index in [-0.39, 0.29) is 17.9 Å². The summed E-state index contributed by atoms with van der Waals surface area (Å²) in [5.74, 6) is -0.345. The second-order valence-corrected chi connectivity index (χ2v) is 5.26. The molecule has 1 saturated carbocycles. The average molecular weight is 268 g/mol. The maximum atomic E-state index is 12.0. The zero-order chi connectivity index (χ0) is 13.1. The zero-order valence-electron chi connectivity index (χ0n) is 10.4. The van der Waals surface area contributed by atoms with Gasteiger partial charge >= 0.3 is 0 Å². The van der Waals surface area contributed by atoms with Crippen molar-refractivity contribution < 1.29 is 9.90 Å². The van der Waals surface area contributed by atoms with Crippen molar-refractivity contribution in [1.29, 1.82) is 0 Å². The molecule has 18 heavy (non-hydrogen) atoms. The van der Waals surface area contributed by atoms with Crippen LogP contribution in [0.1, 0.15) is 37.8 Å². The Balaban J connectivity index is 2.01. The van der Waals surface area contributed by atoms with E-state index in [4.69, 9.17) is 11.6 Å². The minimum absolute atomic E-state index is 0.0765. The minimum Gasteiger partial charge on any atom is -0.392 e. The van der Waals surface area contributed by atoms with E-state index < -0.39 is 6.10 Å². The van der Waals surface area contributed by atoms with Gasteiger partial charge in [0.2, 0.25) is 5.91 Å². The lowest BCUT2D eigenvalue weighted by molar-refractivity contribution is -0.128. The Hall–Kier alpha value is -1.06. The van der Waals surface area contributed by atoms with Crippen molar-refractivity contribution in [2.45, 2.75) is 38.3 Å². The van der Waals surface area contributed by atoms with Crippen LogP contribution in [0.2, 0.25) is 5.02 Å². The third-order valence-corrected chi connectivity index (χ3v) is 3.89. The van der Waals surface area contributed by atoms with Crippen molar-refractivity contribution in [2.75, 3.05) is 0 Å². The molecule has 3 nitrogen and oxygen atoms in total. The summed E-state index contributed by atoms with van der Waals surface area (Å²) in [7, 11) is 0. The van der Waals surface area contributed by atoms with Gasteiger partial charge in [-0.1, -0.05) is 29.8 Å². The van der Waals surface area contributed by atoms with Crippen molar-refractivity contribution in [3.05, 3.63) is 34.9 Å². The SMILES string of the molecule is CC(NC(=O)C1CCCC1O)c1ccccc1Cl. The van der Waals surface area contributed by atoms with Gasteiger partial charge in [0.1, 0.15) is 0 Å². The molecule has 1 amide bonds. The van der Waals surface area contributed by atoms with Gasteiger partial charge in [-0.25, -0.2) is 0 Å². The topological polar surface area (TPSA) is 49.3 Å². The van der Waals surface area contributed by atoms with E-state index in [1.54, 1.807) is 0 Å². The van der Waals surface area contributed by atoms with Crippen LogP contribution in [0.3, 0.4) is 0 Å². The molecule has 0 heterocycles. The normalized spacial score (nSPS) is 24.8. The molecule has 3 unspecified atom stereocenters. The molecule has 98 valence electrons. The molecule has 1 aromatic rings. The van der Waals surface area contributed by atoms with E-state index in [9.17, 15) is 9.90 Å². The summed E-state index contributed by atoms with van der Waals surface area (Å²) in [6, 6.07) is 7.33. The van der Waals surface area contributed by atoms with E-state index in [1.165, 1.54) is 0 Å². The molecular weight excluding hydrogens is 250 g/mol. The Morgan fingerprint density at radius 2 is 2.17 bits per heavy atom. The van der Waals surface area contributed by atoms with Crippen molar-refractivity contribution in [1.82, 2.24) is 5.32 Å². The molecule has 1 fully saturated rings. The van der Waals surface area contributed by atoms with E-state index in [2.05, 4.69) is 5.32 Å². The lowest BCUT2D eigenvalue weighted by atomic mass is 10.0. The molecule has 1 aromatic carbocycles. The van der Waals surface area contributed by atoms with E-state index in [0.717, 1.165) is 24.8 Å². The van der Waals surface area contributed by atoms with Crippen LogP contribution in [0.15, 0.2) is 24.3 Å². The van der Waals surface area contributed by atoms with Gasteiger partial charge < -0.3 is 10.4 Å². The van der Waals surface area contributed by atoms with Gasteiger partial charge in [-0.2, -0.15) is 0 Å². The van der Waals surface area contributed by atoms with Crippen molar-refractivity contribution in [3.8, 4) is 0 Å². The fourth-order valence-electron chi connectivity index (χ4n) is 2.47. The monoisotopic (exact) mass is 267 g/mol. The number of aliphatic hydroxyl groups excluding tert-OH is 1. The van der Waals surface area contributed by atoms with Gasteiger partial charge in [0, 0.05) is 5.02 Å². The average Bonchev–Trinajstić information content (AvgIpc) is 2.76. The largest absolute Gasteiger partial charge is 0.392 e. The van der Waals surface area contributed by atoms with Crippen LogP contribution < -0.4 is 5.32 Å². The Kier molecular flexibility index (Phi) is 4.25. The molecule has 1 aliphatic carbocycles. The van der Waals surface area contributed by atoms with E-state index in [1.807, 2.05) is 31.2 Å². The molecule has 2 N–H and O–H groups in total. The third kappa shape index (κ3) is 2.85. The van der Waals surface area contributed by atoms with Crippen molar-refractivity contribution in [3.63, 3.8) is 0 Å². The number of nitrogens with one attached hydrogen (secondary N) is 1. The standard InChI is InChI=1S/C14H18ClNO2/c1-9(10-5-2-3-7-12(10)15)16-14(18)11-6-4-8-13(11)17/h2-3,5,7,9,11,13,17H,4,6,8H2,1H3,(H,16,18). The van der Waals surface area contributed by atoms with Gasteiger partial charge in [-0.3, -0.25) is 4.79 Å². The maximum Gasteiger partial charge on any atom is 0.226 e. The first kappa shape index (κ1) is 13.4. The summed E-state index contributed by atoms with van der Waals surface area (Å²) in [5, 5.41) is 13.3. The van der Waals surface area contributed by atoms with Crippen LogP contribution in [-0.2, 0) is 4.79 Å². The molecule has 2 rings (SSSR count). The molecule has 0 aliphatic heterocycles. The van der Waals surface area contributed by atoms with Crippen LogP contribution in [-0.4, -0.2) is 17.1 Å². The first-order chi connectivity index (χ1) is 8.59. The highest BCUT2D eigenvalue weighted by Gasteiger charge is 2.32. The second kappa shape index (κ2) is 5.72. The maximum absolute atomic E-state index is 12.0. The molecule has 0 spiro atoms. The van der Waals surface area contributed by atoms with Crippen LogP contribution in [0.25, 0.3) is 0 Å². The fourth-order valence-corrected chi connectivity index (χ4v) is 2.77. The lowest BCUT2D eigenvalue weighted by Crippen LogP contribution is -2.36. The Morgan fingerprint density at radius 3 is 2.78 bits per heavy atom. The van der Waals surface area contributed by atoms with Gasteiger partial charge in [-0.05, 0) is 37.8 Å². The van der Waals surface area contributed by atoms with Crippen LogP contribution >= 0.6 is 11.6 Å². The number of hydrogen-bond donors (Lipinski definition) is 2. The van der Waals surface area contributed by atoms with Gasteiger partial charge in [0.25, 0.3) is 0 Å². The predicted octanol–water partition coefficient (Wildman–Crippen LogP) is 2.68. The molecular formula is C14H18ClNO2. The summed E-state index contributed by atoms with van der Waals surface area (Å²) in [4.78, 5) is 12.0. The number of carbonyl (C=O) groups is 1. The third-order valence-electron chi connectivity index (χ3n) is 3.55. The molecule has 0 saturated heterocycles. The first-order valence-corrected chi connectivity index (χ1v) is 6.70. The number of rotatable bonds is 3. The number of halogens is 1. The quantitative estimate of drug-likeness (QED) is 0.885. The molecule has 3 atom stereocenters. The highest BCUT2D eigenvalue weighted by Crippen LogP contribution is 2.27. The number of hydrogen-bond acceptors (Lipinski definition) is 2. The summed E-state index contributed by atoms with van der Waals surface area (Å²) < 4.78 is 0. The highest BCUT2D eigenvalue weighted by molar-refractivity contribution is 6.31. The second-order valence-electron chi connectivity index (χ2n) is 4.86. The number of carbonyl (C=O) groups excluding carboxylic acids is 1. The molecule has 0 bridgehead atoms. The zero-order valence-corrected chi connectivity index (χ0v) is 11.2. The molecule has 0 radical (unpaired) electrons. The minimum atomic E-state index is -0.497. The smallest absolute Gasteiger partial charge is 0.226 e. The number of amides is 1. The van der Waals surface area contributed by atoms with Crippen molar-refractivity contribution >= 4 is 17.5 Å². The van der Waals surface area contributed by atoms with E-state index >= 15 is 0 Å². The molecule has 1 aliphatic rings. The van der Waals surface area contributed by atoms with Gasteiger partial charge in [0.15, 0.2) is 0 Å². The lowest BCUT2D eigenvalue weighted by Gasteiger charge is -2.20. The van der Waals surface area contributed by atoms with E-state index in [0.29, 0.717) is 5.02 Å². The molecule has 4 heteroatoms. The Morgan fingerprint density at radius 1 is 1.44 bits per heavy atom. The summed E-state index contributed by atoms with van der Waals surface area (Å²) in [6.45, 7) is 1.90. The molecule has 0 aromatic heterocycles. The Bertz CT molecular complexity index is 436. The van der Waals surface area contributed by atoms with Crippen LogP contribution in [0.4, 0.5) is 0 Å². The van der Waals surface area contributed by atoms with Gasteiger partial charge in [0.05, 0.1) is 18.1 Å². The summed E-state index contributed by atoms with van der Waals surface area (Å²) in [5.41, 5.74) is 0.903. The number of aliphatic hydroxyl groups is 1. The fraction of sp³-hybridized carbons (Fsp3) is 0.500. The Labute approximate surface area is 112 Å². The summed E-state index contributed by atoms with van der Waals surface area (Å²) >= 11 is 6.09. The van der Waals surface area contributed by atoms with Crippen LogP contribution in [0.5, 0.6) is 0 Å². The van der Waals surface area contributed by atoms with Gasteiger partial charge in [-0.15, -0.1) is 0 Å². The highest BCUT2D eigenvalue weighted by atomic mass is 35.5. The first-order valence-electron chi connectivity index (χ1n) is 6.32. The summed E-state index contributed by atoms with van der Waals surface area (Å²) in [6.07, 6.45) is 1.91.